The van der Waals surface area contributed by atoms with Gasteiger partial charge in [-0.3, -0.25) is 0 Å². The lowest BCUT2D eigenvalue weighted by Crippen LogP contribution is -2.20. The fraction of sp³-hybridized carbons (Fsp3) is 0.220. The van der Waals surface area contributed by atoms with Gasteiger partial charge in [0.1, 0.15) is 17.3 Å². The third kappa shape index (κ3) is 6.46. The molecule has 2 aliphatic carbocycles. The van der Waals surface area contributed by atoms with Crippen molar-refractivity contribution in [1.82, 2.24) is 0 Å². The molecular weight excluding hydrogens is 554 g/mol. The highest BCUT2D eigenvalue weighted by Crippen LogP contribution is 2.41. The minimum atomic E-state index is 0.319. The average Bonchev–Trinajstić information content (AvgIpc) is 3.09. The highest BCUT2D eigenvalue weighted by Gasteiger charge is 2.24. The summed E-state index contributed by atoms with van der Waals surface area (Å²) >= 11 is 0. The van der Waals surface area contributed by atoms with Crippen molar-refractivity contribution >= 4 is 16.9 Å². The van der Waals surface area contributed by atoms with Crippen LogP contribution in [0.5, 0.6) is 11.5 Å². The Morgan fingerprint density at radius 1 is 0.600 bits per heavy atom. The SMILES string of the molecule is COC1=CC(C)C(c2ccc(N(C3=CC=C(c4ccc(OC)cc4)C(C)C3)c3ccc(-c4ccc(OC)cc4)cc3)cc2)C=C1. The predicted octanol–water partition coefficient (Wildman–Crippen LogP) is 10.3. The summed E-state index contributed by atoms with van der Waals surface area (Å²) < 4.78 is 16.2. The molecule has 0 heterocycles. The van der Waals surface area contributed by atoms with Crippen LogP contribution in [0.2, 0.25) is 0 Å². The molecule has 228 valence electrons. The van der Waals surface area contributed by atoms with Crippen molar-refractivity contribution in [2.75, 3.05) is 26.2 Å². The Labute approximate surface area is 267 Å². The minimum Gasteiger partial charge on any atom is -0.497 e. The van der Waals surface area contributed by atoms with Crippen LogP contribution in [-0.2, 0) is 4.74 Å². The second-order valence-corrected chi connectivity index (χ2v) is 11.8. The molecule has 0 spiro atoms. The first-order chi connectivity index (χ1) is 22.0. The number of methoxy groups -OCH3 is 3. The molecule has 0 radical (unpaired) electrons. The maximum Gasteiger partial charge on any atom is 0.118 e. The summed E-state index contributed by atoms with van der Waals surface area (Å²) in [6, 6.07) is 34.5. The third-order valence-electron chi connectivity index (χ3n) is 8.99. The zero-order chi connectivity index (χ0) is 31.3. The fourth-order valence-electron chi connectivity index (χ4n) is 6.43. The molecule has 3 unspecified atom stereocenters. The van der Waals surface area contributed by atoms with Gasteiger partial charge in [0.2, 0.25) is 0 Å². The summed E-state index contributed by atoms with van der Waals surface area (Å²) in [5, 5.41) is 0. The first-order valence-corrected chi connectivity index (χ1v) is 15.6. The van der Waals surface area contributed by atoms with Crippen molar-refractivity contribution < 1.29 is 14.2 Å². The van der Waals surface area contributed by atoms with Gasteiger partial charge < -0.3 is 19.1 Å². The number of hydrogen-bond acceptors (Lipinski definition) is 4. The summed E-state index contributed by atoms with van der Waals surface area (Å²) in [5.41, 5.74) is 9.77. The molecule has 4 nitrogen and oxygen atoms in total. The first kappa shape index (κ1) is 30.1. The lowest BCUT2D eigenvalue weighted by atomic mass is 9.83. The number of allylic oxidation sites excluding steroid dienone is 7. The molecule has 0 saturated carbocycles. The van der Waals surface area contributed by atoms with E-state index in [1.54, 1.807) is 21.3 Å². The van der Waals surface area contributed by atoms with Crippen molar-refractivity contribution in [2.45, 2.75) is 26.2 Å². The Morgan fingerprint density at radius 3 is 1.64 bits per heavy atom. The average molecular weight is 596 g/mol. The number of hydrogen-bond donors (Lipinski definition) is 0. The summed E-state index contributed by atoms with van der Waals surface area (Å²) in [6.07, 6.45) is 12.0. The van der Waals surface area contributed by atoms with E-state index in [2.05, 4.69) is 122 Å². The Hall–Kier alpha value is -4.96. The minimum absolute atomic E-state index is 0.319. The third-order valence-corrected chi connectivity index (χ3v) is 8.99. The molecule has 45 heavy (non-hydrogen) atoms. The van der Waals surface area contributed by atoms with E-state index in [1.807, 2.05) is 24.3 Å². The molecule has 0 N–H and O–H groups in total. The van der Waals surface area contributed by atoms with E-state index in [4.69, 9.17) is 14.2 Å². The Balaban J connectivity index is 1.34. The highest BCUT2D eigenvalue weighted by molar-refractivity contribution is 5.76. The number of benzene rings is 4. The van der Waals surface area contributed by atoms with E-state index in [0.717, 1.165) is 40.6 Å². The van der Waals surface area contributed by atoms with E-state index in [-0.39, 0.29) is 0 Å². The second kappa shape index (κ2) is 13.4. The molecule has 0 saturated heterocycles. The second-order valence-electron chi connectivity index (χ2n) is 11.8. The van der Waals surface area contributed by atoms with Gasteiger partial charge in [-0.2, -0.15) is 0 Å². The Bertz CT molecular complexity index is 1730. The van der Waals surface area contributed by atoms with E-state index in [0.29, 0.717) is 17.8 Å². The Morgan fingerprint density at radius 2 is 1.13 bits per heavy atom. The van der Waals surface area contributed by atoms with Crippen LogP contribution in [-0.4, -0.2) is 21.3 Å². The molecule has 4 aromatic rings. The standard InChI is InChI=1S/C41H41NO3/c1-28-26-36(18-24-40(28)33-12-21-38(44-4)22-13-33)42(34-14-6-30(7-15-34)31-10-19-37(43-3)20-11-31)35-16-8-32(9-17-35)41-25-23-39(45-5)27-29(41)2/h6-25,27-29,41H,26H2,1-5H3. The van der Waals surface area contributed by atoms with Gasteiger partial charge >= 0.3 is 0 Å². The van der Waals surface area contributed by atoms with Crippen LogP contribution >= 0.6 is 0 Å². The first-order valence-electron chi connectivity index (χ1n) is 15.6. The number of rotatable bonds is 9. The maximum atomic E-state index is 5.46. The van der Waals surface area contributed by atoms with Crippen LogP contribution in [0.15, 0.2) is 139 Å². The van der Waals surface area contributed by atoms with Crippen LogP contribution < -0.4 is 14.4 Å². The van der Waals surface area contributed by atoms with E-state index in [9.17, 15) is 0 Å². The van der Waals surface area contributed by atoms with Gasteiger partial charge in [0.25, 0.3) is 0 Å². The van der Waals surface area contributed by atoms with Crippen molar-refractivity contribution in [3.05, 3.63) is 150 Å². The zero-order valence-corrected chi connectivity index (χ0v) is 26.7. The van der Waals surface area contributed by atoms with Crippen molar-refractivity contribution in [3.8, 4) is 22.6 Å². The zero-order valence-electron chi connectivity index (χ0n) is 26.7. The van der Waals surface area contributed by atoms with Gasteiger partial charge in [0, 0.05) is 23.0 Å². The summed E-state index contributed by atoms with van der Waals surface area (Å²) in [5.74, 6) is 3.70. The van der Waals surface area contributed by atoms with Gasteiger partial charge in [0.15, 0.2) is 0 Å². The van der Waals surface area contributed by atoms with Gasteiger partial charge in [-0.25, -0.2) is 0 Å². The van der Waals surface area contributed by atoms with Crippen LogP contribution in [0.3, 0.4) is 0 Å². The highest BCUT2D eigenvalue weighted by atomic mass is 16.5. The molecule has 0 bridgehead atoms. The lowest BCUT2D eigenvalue weighted by Gasteiger charge is -2.33. The smallest absolute Gasteiger partial charge is 0.118 e. The van der Waals surface area contributed by atoms with E-state index >= 15 is 0 Å². The quantitative estimate of drug-likeness (QED) is 0.193. The van der Waals surface area contributed by atoms with Gasteiger partial charge in [0.05, 0.1) is 21.3 Å². The molecule has 4 heteroatoms. The molecule has 0 aliphatic heterocycles. The van der Waals surface area contributed by atoms with Crippen molar-refractivity contribution in [2.24, 2.45) is 11.8 Å². The van der Waals surface area contributed by atoms with E-state index < -0.39 is 0 Å². The van der Waals surface area contributed by atoms with Crippen LogP contribution in [0.4, 0.5) is 11.4 Å². The molecule has 3 atom stereocenters. The van der Waals surface area contributed by atoms with Crippen molar-refractivity contribution in [1.29, 1.82) is 0 Å². The van der Waals surface area contributed by atoms with Gasteiger partial charge in [-0.15, -0.1) is 0 Å². The largest absolute Gasteiger partial charge is 0.497 e. The number of nitrogens with zero attached hydrogens (tertiary/aromatic N) is 1. The Kier molecular flexibility index (Phi) is 8.93. The summed E-state index contributed by atoms with van der Waals surface area (Å²) in [6.45, 7) is 4.56. The van der Waals surface area contributed by atoms with E-state index in [1.165, 1.54) is 28.0 Å². The topological polar surface area (TPSA) is 30.9 Å². The van der Waals surface area contributed by atoms with Gasteiger partial charge in [-0.1, -0.05) is 74.5 Å². The number of anilines is 2. The molecule has 0 fully saturated rings. The summed E-state index contributed by atoms with van der Waals surface area (Å²) in [4.78, 5) is 2.41. The van der Waals surface area contributed by atoms with Crippen LogP contribution in [0, 0.1) is 11.8 Å². The maximum absolute atomic E-state index is 5.46. The predicted molar refractivity (Wildman–Crippen MR) is 186 cm³/mol. The lowest BCUT2D eigenvalue weighted by molar-refractivity contribution is 0.299. The normalized spacial score (nSPS) is 19.2. The number of ether oxygens (including phenoxy) is 3. The van der Waals surface area contributed by atoms with Gasteiger partial charge in [-0.05, 0) is 113 Å². The van der Waals surface area contributed by atoms with Crippen LogP contribution in [0.1, 0.15) is 37.3 Å². The molecule has 0 aromatic heterocycles. The molecule has 4 aromatic carbocycles. The fourth-order valence-corrected chi connectivity index (χ4v) is 6.43. The molecule has 6 rings (SSSR count). The summed E-state index contributed by atoms with van der Waals surface area (Å²) in [7, 11) is 5.13. The molecule has 2 aliphatic rings. The monoisotopic (exact) mass is 595 g/mol. The molecule has 0 amide bonds. The van der Waals surface area contributed by atoms with Crippen molar-refractivity contribution in [3.63, 3.8) is 0 Å². The molecular formula is C41H41NO3. The van der Waals surface area contributed by atoms with Crippen LogP contribution in [0.25, 0.3) is 16.7 Å².